The largest absolute Gasteiger partial charge is 0.338 e. The molecule has 1 aromatic heterocycles. The number of hydrogen-bond donors (Lipinski definition) is 1. The van der Waals surface area contributed by atoms with Gasteiger partial charge in [0.1, 0.15) is 5.82 Å². The topological polar surface area (TPSA) is 28.7 Å². The lowest BCUT2D eigenvalue weighted by Crippen LogP contribution is -2.01. The number of fused-ring (bicyclic) bond motifs is 1. The van der Waals surface area contributed by atoms with E-state index in [1.54, 1.807) is 0 Å². The third-order valence-electron chi connectivity index (χ3n) is 1.71. The van der Waals surface area contributed by atoms with E-state index >= 15 is 0 Å². The number of aromatic amines is 1. The minimum absolute atomic E-state index is 0.183. The predicted molar refractivity (Wildman–Crippen MR) is 55.3 cm³/mol. The molecular weight excluding hydrogens is 249 g/mol. The van der Waals surface area contributed by atoms with E-state index in [-0.39, 0.29) is 11.6 Å². The summed E-state index contributed by atoms with van der Waals surface area (Å²) >= 11 is 16.8. The molecule has 6 heteroatoms. The fourth-order valence-electron chi connectivity index (χ4n) is 1.11. The number of nitrogens with zero attached hydrogens (tertiary/aromatic N) is 1. The lowest BCUT2D eigenvalue weighted by atomic mass is 10.3. The van der Waals surface area contributed by atoms with Crippen molar-refractivity contribution in [2.24, 2.45) is 0 Å². The summed E-state index contributed by atoms with van der Waals surface area (Å²) in [5.74, 6) is -0.192. The predicted octanol–water partition coefficient (Wildman–Crippen LogP) is 3.53. The van der Waals surface area contributed by atoms with Crippen LogP contribution in [0.5, 0.6) is 0 Å². The molecule has 1 aromatic carbocycles. The van der Waals surface area contributed by atoms with Gasteiger partial charge in [0.2, 0.25) is 3.79 Å². The molecule has 0 fully saturated rings. The summed E-state index contributed by atoms with van der Waals surface area (Å²) in [5.41, 5.74) is 1.07. The number of imidazole rings is 1. The third-order valence-corrected chi connectivity index (χ3v) is 2.25. The number of benzene rings is 1. The van der Waals surface area contributed by atoms with Gasteiger partial charge in [-0.3, -0.25) is 0 Å². The zero-order chi connectivity index (χ0) is 10.3. The molecule has 0 aliphatic rings. The number of alkyl halides is 3. The summed E-state index contributed by atoms with van der Waals surface area (Å²) in [7, 11) is 0. The van der Waals surface area contributed by atoms with Crippen LogP contribution in [0.25, 0.3) is 11.0 Å². The van der Waals surface area contributed by atoms with E-state index in [4.69, 9.17) is 34.8 Å². The molecule has 2 aromatic rings. The van der Waals surface area contributed by atoms with Crippen molar-refractivity contribution in [3.8, 4) is 0 Å². The van der Waals surface area contributed by atoms with Crippen LogP contribution in [-0.2, 0) is 3.79 Å². The first-order valence-electron chi connectivity index (χ1n) is 3.69. The Kier molecular flexibility index (Phi) is 2.33. The maximum Gasteiger partial charge on any atom is 0.248 e. The van der Waals surface area contributed by atoms with Gasteiger partial charge in [0, 0.05) is 6.07 Å². The van der Waals surface area contributed by atoms with Gasteiger partial charge < -0.3 is 4.98 Å². The molecule has 74 valence electrons. The number of hydrogen-bond acceptors (Lipinski definition) is 1. The van der Waals surface area contributed by atoms with Gasteiger partial charge in [-0.25, -0.2) is 9.37 Å². The number of halogens is 4. The van der Waals surface area contributed by atoms with Crippen LogP contribution in [0.1, 0.15) is 5.82 Å². The minimum atomic E-state index is -1.62. The van der Waals surface area contributed by atoms with Crippen LogP contribution in [0, 0.1) is 5.82 Å². The Morgan fingerprint density at radius 3 is 2.64 bits per heavy atom. The molecule has 14 heavy (non-hydrogen) atoms. The van der Waals surface area contributed by atoms with E-state index in [0.717, 1.165) is 0 Å². The standard InChI is InChI=1S/C8H4Cl3FN2/c9-8(10,11)7-13-5-2-1-4(12)3-6(5)14-7/h1-3H,(H,13,14). The van der Waals surface area contributed by atoms with Gasteiger partial charge in [-0.1, -0.05) is 34.8 Å². The molecule has 1 heterocycles. The minimum Gasteiger partial charge on any atom is -0.338 e. The smallest absolute Gasteiger partial charge is 0.248 e. The quantitative estimate of drug-likeness (QED) is 0.715. The van der Waals surface area contributed by atoms with Crippen LogP contribution in [0.4, 0.5) is 4.39 Å². The Morgan fingerprint density at radius 1 is 1.29 bits per heavy atom. The van der Waals surface area contributed by atoms with E-state index in [1.807, 2.05) is 0 Å². The van der Waals surface area contributed by atoms with Crippen molar-refractivity contribution in [2.45, 2.75) is 3.79 Å². The first-order valence-corrected chi connectivity index (χ1v) is 4.83. The van der Waals surface area contributed by atoms with Gasteiger partial charge in [0.15, 0.2) is 5.82 Å². The van der Waals surface area contributed by atoms with Gasteiger partial charge in [-0.2, -0.15) is 0 Å². The normalized spacial score (nSPS) is 12.3. The van der Waals surface area contributed by atoms with Crippen molar-refractivity contribution in [2.75, 3.05) is 0 Å². The van der Waals surface area contributed by atoms with Crippen molar-refractivity contribution in [1.29, 1.82) is 0 Å². The van der Waals surface area contributed by atoms with Crippen molar-refractivity contribution in [3.63, 3.8) is 0 Å². The molecule has 0 unspecified atom stereocenters. The van der Waals surface area contributed by atoms with Crippen LogP contribution in [0.2, 0.25) is 0 Å². The summed E-state index contributed by atoms with van der Waals surface area (Å²) in [5, 5.41) is 0. The SMILES string of the molecule is Fc1ccc2[nH]c(C(Cl)(Cl)Cl)nc2c1. The third kappa shape index (κ3) is 1.80. The zero-order valence-corrected chi connectivity index (χ0v) is 8.96. The van der Waals surface area contributed by atoms with E-state index in [0.29, 0.717) is 11.0 Å². The van der Waals surface area contributed by atoms with Gasteiger partial charge >= 0.3 is 0 Å². The first kappa shape index (κ1) is 10.0. The van der Waals surface area contributed by atoms with Crippen LogP contribution >= 0.6 is 34.8 Å². The van der Waals surface area contributed by atoms with Crippen molar-refractivity contribution < 1.29 is 4.39 Å². The number of rotatable bonds is 0. The number of nitrogens with one attached hydrogen (secondary N) is 1. The maximum absolute atomic E-state index is 12.8. The van der Waals surface area contributed by atoms with Gasteiger partial charge in [0.05, 0.1) is 11.0 Å². The Labute approximate surface area is 94.0 Å². The Bertz CT molecular complexity index is 475. The summed E-state index contributed by atoms with van der Waals surface area (Å²) in [4.78, 5) is 6.74. The second-order valence-corrected chi connectivity index (χ2v) is 5.03. The van der Waals surface area contributed by atoms with Gasteiger partial charge in [-0.15, -0.1) is 0 Å². The summed E-state index contributed by atoms with van der Waals surface area (Å²) in [6.45, 7) is 0. The summed E-state index contributed by atoms with van der Waals surface area (Å²) < 4.78 is 11.2. The van der Waals surface area contributed by atoms with E-state index in [9.17, 15) is 4.39 Å². The molecular formula is C8H4Cl3FN2. The molecule has 2 rings (SSSR count). The summed E-state index contributed by atoms with van der Waals surface area (Å²) in [6, 6.07) is 4.12. The molecule has 0 saturated heterocycles. The van der Waals surface area contributed by atoms with Crippen molar-refractivity contribution in [1.82, 2.24) is 9.97 Å². The summed E-state index contributed by atoms with van der Waals surface area (Å²) in [6.07, 6.45) is 0. The molecule has 0 spiro atoms. The van der Waals surface area contributed by atoms with Crippen LogP contribution in [0.3, 0.4) is 0 Å². The average molecular weight is 253 g/mol. The highest BCUT2D eigenvalue weighted by Crippen LogP contribution is 2.36. The second-order valence-electron chi connectivity index (χ2n) is 2.74. The van der Waals surface area contributed by atoms with Crippen molar-refractivity contribution >= 4 is 45.8 Å². The second kappa shape index (κ2) is 3.26. The molecule has 0 amide bonds. The van der Waals surface area contributed by atoms with E-state index < -0.39 is 3.79 Å². The average Bonchev–Trinajstić information content (AvgIpc) is 2.45. The van der Waals surface area contributed by atoms with Crippen LogP contribution < -0.4 is 0 Å². The van der Waals surface area contributed by atoms with Gasteiger partial charge in [0.25, 0.3) is 0 Å². The van der Waals surface area contributed by atoms with E-state index in [2.05, 4.69) is 9.97 Å². The fourth-order valence-corrected chi connectivity index (χ4v) is 1.38. The highest BCUT2D eigenvalue weighted by Gasteiger charge is 2.26. The highest BCUT2D eigenvalue weighted by molar-refractivity contribution is 6.66. The lowest BCUT2D eigenvalue weighted by Gasteiger charge is -2.04. The van der Waals surface area contributed by atoms with E-state index in [1.165, 1.54) is 18.2 Å². The molecule has 0 aliphatic heterocycles. The zero-order valence-electron chi connectivity index (χ0n) is 6.69. The number of H-pyrrole nitrogens is 1. The molecule has 0 saturated carbocycles. The monoisotopic (exact) mass is 252 g/mol. The Hall–Kier alpha value is -0.510. The fraction of sp³-hybridized carbons (Fsp3) is 0.125. The van der Waals surface area contributed by atoms with Gasteiger partial charge in [-0.05, 0) is 12.1 Å². The maximum atomic E-state index is 12.8. The lowest BCUT2D eigenvalue weighted by molar-refractivity contribution is 0.629. The van der Waals surface area contributed by atoms with Crippen LogP contribution in [0.15, 0.2) is 18.2 Å². The Balaban J connectivity index is 2.63. The molecule has 2 nitrogen and oxygen atoms in total. The first-order chi connectivity index (χ1) is 6.47. The molecule has 0 bridgehead atoms. The Morgan fingerprint density at radius 2 is 2.00 bits per heavy atom. The molecule has 0 aliphatic carbocycles. The molecule has 1 N–H and O–H groups in total. The number of aromatic nitrogens is 2. The van der Waals surface area contributed by atoms with Crippen molar-refractivity contribution in [3.05, 3.63) is 29.8 Å². The van der Waals surface area contributed by atoms with Crippen LogP contribution in [-0.4, -0.2) is 9.97 Å². The molecule has 0 atom stereocenters. The molecule has 0 radical (unpaired) electrons. The highest BCUT2D eigenvalue weighted by atomic mass is 35.6.